The Bertz CT molecular complexity index is 938. The molecule has 3 heterocycles. The lowest BCUT2D eigenvalue weighted by Gasteiger charge is -2.16. The van der Waals surface area contributed by atoms with Gasteiger partial charge in [-0.05, 0) is 46.7 Å². The van der Waals surface area contributed by atoms with Gasteiger partial charge in [0.2, 0.25) is 11.8 Å². The monoisotopic (exact) mass is 365 g/mol. The van der Waals surface area contributed by atoms with Crippen molar-refractivity contribution >= 4 is 33.2 Å². The second-order valence-corrected chi connectivity index (χ2v) is 7.45. The number of nitrogens with one attached hydrogen (secondary N) is 1. The maximum atomic E-state index is 12.5. The minimum absolute atomic E-state index is 0.00972. The Morgan fingerprint density at radius 1 is 1.27 bits per heavy atom. The quantitative estimate of drug-likeness (QED) is 0.756. The van der Waals surface area contributed by atoms with Crippen molar-refractivity contribution in [2.24, 2.45) is 5.92 Å². The Balaban J connectivity index is 1.34. The third kappa shape index (κ3) is 3.60. The van der Waals surface area contributed by atoms with Crippen LogP contribution in [-0.2, 0) is 22.7 Å². The van der Waals surface area contributed by atoms with E-state index >= 15 is 0 Å². The molecule has 0 saturated carbocycles. The van der Waals surface area contributed by atoms with Crippen LogP contribution in [0.3, 0.4) is 0 Å². The van der Waals surface area contributed by atoms with Crippen LogP contribution < -0.4 is 5.32 Å². The van der Waals surface area contributed by atoms with E-state index in [1.54, 1.807) is 22.4 Å². The topological polar surface area (TPSA) is 62.3 Å². The number of carbonyl (C=O) groups excluding carboxylic acids is 2. The first kappa shape index (κ1) is 16.7. The van der Waals surface area contributed by atoms with Crippen LogP contribution in [-0.4, -0.2) is 28.2 Å². The summed E-state index contributed by atoms with van der Waals surface area (Å²) in [6, 6.07) is 13.9. The SMILES string of the molecule is O=C(NCc1ccc2sccc2c1)[C@@H]1CC(=O)N(Cc2ccccn2)C1. The Morgan fingerprint density at radius 3 is 3.04 bits per heavy atom. The maximum absolute atomic E-state index is 12.5. The third-order valence-electron chi connectivity index (χ3n) is 4.65. The van der Waals surface area contributed by atoms with Gasteiger partial charge in [0.1, 0.15) is 0 Å². The lowest BCUT2D eigenvalue weighted by Crippen LogP contribution is -2.32. The summed E-state index contributed by atoms with van der Waals surface area (Å²) in [7, 11) is 0. The van der Waals surface area contributed by atoms with Crippen molar-refractivity contribution in [2.45, 2.75) is 19.5 Å². The van der Waals surface area contributed by atoms with Gasteiger partial charge in [-0.1, -0.05) is 12.1 Å². The van der Waals surface area contributed by atoms with Gasteiger partial charge in [-0.3, -0.25) is 14.6 Å². The van der Waals surface area contributed by atoms with E-state index in [-0.39, 0.29) is 24.2 Å². The van der Waals surface area contributed by atoms with Crippen molar-refractivity contribution in [1.29, 1.82) is 0 Å². The molecule has 5 nitrogen and oxygen atoms in total. The molecule has 6 heteroatoms. The zero-order valence-electron chi connectivity index (χ0n) is 14.2. The normalized spacial score (nSPS) is 17.0. The molecular formula is C20H19N3O2S. The van der Waals surface area contributed by atoms with Crippen LogP contribution in [0.5, 0.6) is 0 Å². The van der Waals surface area contributed by atoms with Gasteiger partial charge >= 0.3 is 0 Å². The summed E-state index contributed by atoms with van der Waals surface area (Å²) in [6.45, 7) is 1.39. The number of rotatable bonds is 5. The Kier molecular flexibility index (Phi) is 4.67. The van der Waals surface area contributed by atoms with Crippen molar-refractivity contribution < 1.29 is 9.59 Å². The Hall–Kier alpha value is -2.73. The maximum Gasteiger partial charge on any atom is 0.225 e. The molecule has 1 aromatic carbocycles. The molecular weight excluding hydrogens is 346 g/mol. The highest BCUT2D eigenvalue weighted by molar-refractivity contribution is 7.17. The van der Waals surface area contributed by atoms with Gasteiger partial charge in [0, 0.05) is 30.4 Å². The largest absolute Gasteiger partial charge is 0.352 e. The average molecular weight is 365 g/mol. The van der Waals surface area contributed by atoms with Crippen molar-refractivity contribution in [2.75, 3.05) is 6.54 Å². The fourth-order valence-electron chi connectivity index (χ4n) is 3.25. The van der Waals surface area contributed by atoms with Gasteiger partial charge in [-0.25, -0.2) is 0 Å². The van der Waals surface area contributed by atoms with E-state index in [2.05, 4.69) is 33.9 Å². The molecule has 1 N–H and O–H groups in total. The molecule has 4 rings (SSSR count). The number of benzene rings is 1. The minimum Gasteiger partial charge on any atom is -0.352 e. The number of aromatic nitrogens is 1. The summed E-state index contributed by atoms with van der Waals surface area (Å²) < 4.78 is 1.24. The number of carbonyl (C=O) groups is 2. The lowest BCUT2D eigenvalue weighted by molar-refractivity contribution is -0.129. The molecule has 0 spiro atoms. The van der Waals surface area contributed by atoms with Crippen molar-refractivity contribution in [3.8, 4) is 0 Å². The molecule has 26 heavy (non-hydrogen) atoms. The van der Waals surface area contributed by atoms with Crippen LogP contribution in [0.25, 0.3) is 10.1 Å². The van der Waals surface area contributed by atoms with Crippen molar-refractivity contribution in [3.63, 3.8) is 0 Å². The fraction of sp³-hybridized carbons (Fsp3) is 0.250. The number of thiophene rings is 1. The van der Waals surface area contributed by atoms with Crippen molar-refractivity contribution in [1.82, 2.24) is 15.2 Å². The van der Waals surface area contributed by atoms with Gasteiger partial charge in [0.15, 0.2) is 0 Å². The molecule has 1 atom stereocenters. The molecule has 1 aliphatic heterocycles. The zero-order chi connectivity index (χ0) is 17.9. The number of pyridine rings is 1. The van der Waals surface area contributed by atoms with Gasteiger partial charge < -0.3 is 10.2 Å². The number of likely N-dealkylation sites (tertiary alicyclic amines) is 1. The number of fused-ring (bicyclic) bond motifs is 1. The smallest absolute Gasteiger partial charge is 0.225 e. The zero-order valence-corrected chi connectivity index (χ0v) is 15.0. The van der Waals surface area contributed by atoms with Crippen LogP contribution in [0.1, 0.15) is 17.7 Å². The highest BCUT2D eigenvalue weighted by atomic mass is 32.1. The van der Waals surface area contributed by atoms with Crippen molar-refractivity contribution in [3.05, 3.63) is 65.3 Å². The second kappa shape index (κ2) is 7.25. The first-order valence-electron chi connectivity index (χ1n) is 8.60. The summed E-state index contributed by atoms with van der Waals surface area (Å²) in [5.41, 5.74) is 1.91. The third-order valence-corrected chi connectivity index (χ3v) is 5.55. The number of hydrogen-bond donors (Lipinski definition) is 1. The molecule has 0 aliphatic carbocycles. The number of nitrogens with zero attached hydrogens (tertiary/aromatic N) is 2. The molecule has 0 radical (unpaired) electrons. The molecule has 2 amide bonds. The van der Waals surface area contributed by atoms with Gasteiger partial charge in [0.05, 0.1) is 18.2 Å². The van der Waals surface area contributed by atoms with Gasteiger partial charge in [-0.15, -0.1) is 11.3 Å². The first-order valence-corrected chi connectivity index (χ1v) is 9.48. The minimum atomic E-state index is -0.295. The van der Waals surface area contributed by atoms with E-state index in [1.807, 2.05) is 24.3 Å². The Labute approximate surface area is 155 Å². The summed E-state index contributed by atoms with van der Waals surface area (Å²) >= 11 is 1.71. The van der Waals surface area contributed by atoms with E-state index in [0.717, 1.165) is 11.3 Å². The van der Waals surface area contributed by atoms with E-state index in [1.165, 1.54) is 10.1 Å². The summed E-state index contributed by atoms with van der Waals surface area (Å²) in [6.07, 6.45) is 1.98. The lowest BCUT2D eigenvalue weighted by atomic mass is 10.1. The van der Waals surface area contributed by atoms with Crippen LogP contribution in [0.4, 0.5) is 0 Å². The highest BCUT2D eigenvalue weighted by Crippen LogP contribution is 2.22. The second-order valence-electron chi connectivity index (χ2n) is 6.51. The summed E-state index contributed by atoms with van der Waals surface area (Å²) in [5, 5.41) is 6.23. The van der Waals surface area contributed by atoms with Crippen LogP contribution in [0.15, 0.2) is 54.0 Å². The Morgan fingerprint density at radius 2 is 2.19 bits per heavy atom. The van der Waals surface area contributed by atoms with E-state index in [4.69, 9.17) is 0 Å². The van der Waals surface area contributed by atoms with Crippen LogP contribution in [0.2, 0.25) is 0 Å². The summed E-state index contributed by atoms with van der Waals surface area (Å²) in [5.74, 6) is -0.348. The fourth-order valence-corrected chi connectivity index (χ4v) is 4.02. The van der Waals surface area contributed by atoms with Crippen LogP contribution >= 0.6 is 11.3 Å². The molecule has 132 valence electrons. The molecule has 1 saturated heterocycles. The highest BCUT2D eigenvalue weighted by Gasteiger charge is 2.34. The molecule has 1 aliphatic rings. The summed E-state index contributed by atoms with van der Waals surface area (Å²) in [4.78, 5) is 30.6. The first-order chi connectivity index (χ1) is 12.7. The average Bonchev–Trinajstić information content (AvgIpc) is 3.27. The van der Waals surface area contributed by atoms with Gasteiger partial charge in [-0.2, -0.15) is 0 Å². The molecule has 3 aromatic rings. The number of hydrogen-bond acceptors (Lipinski definition) is 4. The van der Waals surface area contributed by atoms with E-state index < -0.39 is 0 Å². The predicted octanol–water partition coefficient (Wildman–Crippen LogP) is 2.96. The predicted molar refractivity (Wildman–Crippen MR) is 101 cm³/mol. The van der Waals surface area contributed by atoms with Gasteiger partial charge in [0.25, 0.3) is 0 Å². The number of amides is 2. The standard InChI is InChI=1S/C20H19N3O2S/c24-19-10-16(12-23(19)13-17-3-1-2-7-21-17)20(25)22-11-14-4-5-18-15(9-14)6-8-26-18/h1-9,16H,10-13H2,(H,22,25)/t16-/m1/s1. The molecule has 2 aromatic heterocycles. The van der Waals surface area contributed by atoms with E-state index in [0.29, 0.717) is 19.6 Å². The van der Waals surface area contributed by atoms with E-state index in [9.17, 15) is 9.59 Å². The molecule has 0 unspecified atom stereocenters. The molecule has 1 fully saturated rings. The van der Waals surface area contributed by atoms with Crippen LogP contribution in [0, 0.1) is 5.92 Å². The molecule has 0 bridgehead atoms.